The minimum absolute atomic E-state index is 0.0855. The number of aromatic amines is 1. The van der Waals surface area contributed by atoms with E-state index in [4.69, 9.17) is 0 Å². The van der Waals surface area contributed by atoms with E-state index in [1.165, 1.54) is 16.9 Å². The maximum absolute atomic E-state index is 13.0. The molecule has 1 aromatic heterocycles. The highest BCUT2D eigenvalue weighted by Gasteiger charge is 2.38. The smallest absolute Gasteiger partial charge is 0.276 e. The second-order valence-electron chi connectivity index (χ2n) is 6.71. The van der Waals surface area contributed by atoms with Crippen molar-refractivity contribution in [2.75, 3.05) is 5.32 Å². The Hall–Kier alpha value is -4.86. The molecule has 0 aliphatic carbocycles. The number of hydrogen-bond acceptors (Lipinski definition) is 12. The van der Waals surface area contributed by atoms with Crippen molar-refractivity contribution in [3.63, 3.8) is 0 Å². The molecule has 3 N–H and O–H groups in total. The van der Waals surface area contributed by atoms with Crippen LogP contribution in [0.5, 0.6) is 0 Å². The number of halogens is 3. The highest BCUT2D eigenvalue weighted by molar-refractivity contribution is 7.99. The van der Waals surface area contributed by atoms with E-state index in [0.717, 1.165) is 12.1 Å². The summed E-state index contributed by atoms with van der Waals surface area (Å²) < 4.78 is 65.3. The number of urea groups is 1. The number of nitrogens with one attached hydrogen (secondary N) is 3. The molecular weight excluding hydrogens is 569 g/mol. The molecule has 38 heavy (non-hydrogen) atoms. The topological polar surface area (TPSA) is 246 Å². The van der Waals surface area contributed by atoms with Crippen LogP contribution in [0.4, 0.5) is 41.0 Å². The normalized spacial score (nSPS) is 11.6. The molecule has 0 atom stereocenters. The monoisotopic (exact) mass is 578 g/mol. The van der Waals surface area contributed by atoms with E-state index in [9.17, 15) is 56.7 Å². The molecule has 3 rings (SSSR count). The lowest BCUT2D eigenvalue weighted by Gasteiger charge is -2.08. The highest BCUT2D eigenvalue weighted by Crippen LogP contribution is 2.44. The number of amides is 2. The average molecular weight is 578 g/mol. The predicted molar refractivity (Wildman–Crippen MR) is 118 cm³/mol. The van der Waals surface area contributed by atoms with Crippen LogP contribution in [0.25, 0.3) is 0 Å². The Morgan fingerprint density at radius 2 is 1.53 bits per heavy atom. The van der Waals surface area contributed by atoms with E-state index in [0.29, 0.717) is 0 Å². The number of carbonyl (C=O) groups excluding carboxylic acids is 1. The molecule has 0 unspecified atom stereocenters. The van der Waals surface area contributed by atoms with Crippen LogP contribution in [-0.4, -0.2) is 44.4 Å². The number of H-pyrrole nitrogens is 1. The number of sulfonamides is 1. The molecule has 0 aliphatic rings. The number of nitro groups is 3. The van der Waals surface area contributed by atoms with E-state index >= 15 is 0 Å². The van der Waals surface area contributed by atoms with Crippen LogP contribution in [0.15, 0.2) is 51.3 Å². The van der Waals surface area contributed by atoms with Gasteiger partial charge in [0.15, 0.2) is 9.79 Å². The van der Waals surface area contributed by atoms with Crippen molar-refractivity contribution in [1.82, 2.24) is 19.9 Å². The Balaban J connectivity index is 1.85. The molecule has 2 amide bonds. The Labute approximate surface area is 210 Å². The maximum atomic E-state index is 13.0. The standard InChI is InChI=1S/C16H9F3N8O9S2/c17-16(18,19)7-5-9(26(31)32)12(10(6-7)27(33)34)37-15-21-13(22-23-15)20-14(28)24-38(35,36)11-4-2-1-3-8(11)25(29)30/h1-6H,(H3,20,21,22,23,24,28). The van der Waals surface area contributed by atoms with Gasteiger partial charge in [0.2, 0.25) is 11.1 Å². The molecule has 2 aromatic carbocycles. The molecule has 1 heterocycles. The third-order valence-electron chi connectivity index (χ3n) is 4.24. The molecule has 0 saturated heterocycles. The van der Waals surface area contributed by atoms with Crippen molar-refractivity contribution in [2.24, 2.45) is 0 Å². The molecule has 0 fully saturated rings. The minimum Gasteiger partial charge on any atom is -0.276 e. The third kappa shape index (κ3) is 6.09. The van der Waals surface area contributed by atoms with E-state index in [-0.39, 0.29) is 23.9 Å². The second-order valence-corrected chi connectivity index (χ2v) is 9.34. The molecule has 0 bridgehead atoms. The summed E-state index contributed by atoms with van der Waals surface area (Å²) in [6, 6.07) is 2.79. The van der Waals surface area contributed by atoms with E-state index in [1.807, 2.05) is 5.32 Å². The van der Waals surface area contributed by atoms with Gasteiger partial charge in [0.1, 0.15) is 0 Å². The Morgan fingerprint density at radius 1 is 0.974 bits per heavy atom. The van der Waals surface area contributed by atoms with Crippen LogP contribution < -0.4 is 10.0 Å². The van der Waals surface area contributed by atoms with Crippen LogP contribution in [-0.2, 0) is 16.2 Å². The number of alkyl halides is 3. The number of anilines is 1. The number of nitro benzene ring substituents is 3. The van der Waals surface area contributed by atoms with E-state index < -0.39 is 80.5 Å². The first-order chi connectivity index (χ1) is 17.6. The van der Waals surface area contributed by atoms with Crippen molar-refractivity contribution in [3.8, 4) is 0 Å². The van der Waals surface area contributed by atoms with Gasteiger partial charge in [-0.25, -0.2) is 23.0 Å². The van der Waals surface area contributed by atoms with Gasteiger partial charge in [-0.2, -0.15) is 18.2 Å². The molecule has 22 heteroatoms. The fraction of sp³-hybridized carbons (Fsp3) is 0.0625. The van der Waals surface area contributed by atoms with E-state index in [2.05, 4.69) is 15.2 Å². The largest absolute Gasteiger partial charge is 0.416 e. The van der Waals surface area contributed by atoms with Crippen molar-refractivity contribution >= 4 is 50.8 Å². The summed E-state index contributed by atoms with van der Waals surface area (Å²) >= 11 is 0.111. The van der Waals surface area contributed by atoms with Gasteiger partial charge in [-0.1, -0.05) is 12.1 Å². The van der Waals surface area contributed by atoms with Gasteiger partial charge in [0.25, 0.3) is 27.1 Å². The number of nitrogens with zero attached hydrogens (tertiary/aromatic N) is 5. The number of rotatable bonds is 8. The van der Waals surface area contributed by atoms with Crippen LogP contribution in [0.3, 0.4) is 0 Å². The summed E-state index contributed by atoms with van der Waals surface area (Å²) in [5, 5.41) is 40.6. The van der Waals surface area contributed by atoms with E-state index in [1.54, 1.807) is 0 Å². The lowest BCUT2D eigenvalue weighted by atomic mass is 10.1. The molecule has 3 aromatic rings. The van der Waals surface area contributed by atoms with Gasteiger partial charge in [0, 0.05) is 18.2 Å². The second kappa shape index (κ2) is 10.3. The summed E-state index contributed by atoms with van der Waals surface area (Å²) in [6.45, 7) is 0. The van der Waals surface area contributed by atoms with Crippen LogP contribution in [0.2, 0.25) is 0 Å². The fourth-order valence-corrected chi connectivity index (χ4v) is 4.69. The number of hydrogen-bond donors (Lipinski definition) is 3. The molecule has 0 radical (unpaired) electrons. The molecule has 0 spiro atoms. The van der Waals surface area contributed by atoms with Crippen molar-refractivity contribution < 1.29 is 41.2 Å². The quantitative estimate of drug-likeness (QED) is 0.257. The predicted octanol–water partition coefficient (Wildman–Crippen LogP) is 3.21. The SMILES string of the molecule is O=C(Nc1nc(Sc2c([N+](=O)[O-])cc(C(F)(F)F)cc2[N+](=O)[O-])n[nH]1)NS(=O)(=O)c1ccccc1[N+](=O)[O-]. The van der Waals surface area contributed by atoms with Crippen LogP contribution >= 0.6 is 11.8 Å². The lowest BCUT2D eigenvalue weighted by Crippen LogP contribution is -2.35. The number of aromatic nitrogens is 3. The Bertz CT molecular complexity index is 1540. The average Bonchev–Trinajstić information content (AvgIpc) is 3.24. The van der Waals surface area contributed by atoms with Gasteiger partial charge in [-0.15, -0.1) is 5.10 Å². The first-order valence-electron chi connectivity index (χ1n) is 9.31. The Morgan fingerprint density at radius 3 is 2.05 bits per heavy atom. The van der Waals surface area contributed by atoms with Crippen LogP contribution in [0.1, 0.15) is 5.56 Å². The zero-order valence-electron chi connectivity index (χ0n) is 17.8. The molecular formula is C16H9F3N8O9S2. The zero-order chi connectivity index (χ0) is 28.4. The summed E-state index contributed by atoms with van der Waals surface area (Å²) in [5.41, 5.74) is -5.02. The molecule has 0 aliphatic heterocycles. The lowest BCUT2D eigenvalue weighted by molar-refractivity contribution is -0.400. The zero-order valence-corrected chi connectivity index (χ0v) is 19.5. The summed E-state index contributed by atoms with van der Waals surface area (Å²) in [5.74, 6) is -0.597. The van der Waals surface area contributed by atoms with Crippen molar-refractivity contribution in [1.29, 1.82) is 0 Å². The minimum atomic E-state index is -5.13. The molecule has 17 nitrogen and oxygen atoms in total. The van der Waals surface area contributed by atoms with Crippen molar-refractivity contribution in [2.45, 2.75) is 21.1 Å². The number of benzene rings is 2. The molecule has 0 saturated carbocycles. The summed E-state index contributed by atoms with van der Waals surface area (Å²) in [6.07, 6.45) is -5.13. The van der Waals surface area contributed by atoms with Gasteiger partial charge in [-0.05, 0) is 17.8 Å². The maximum Gasteiger partial charge on any atom is 0.416 e. The van der Waals surface area contributed by atoms with Gasteiger partial charge in [-0.3, -0.25) is 35.7 Å². The molecule has 200 valence electrons. The summed E-state index contributed by atoms with van der Waals surface area (Å²) in [4.78, 5) is 44.2. The fourth-order valence-electron chi connectivity index (χ4n) is 2.72. The Kier molecular flexibility index (Phi) is 7.48. The van der Waals surface area contributed by atoms with Gasteiger partial charge >= 0.3 is 12.2 Å². The van der Waals surface area contributed by atoms with Crippen molar-refractivity contribution in [3.05, 3.63) is 72.3 Å². The first-order valence-corrected chi connectivity index (χ1v) is 11.6. The van der Waals surface area contributed by atoms with Crippen LogP contribution in [0, 0.1) is 30.3 Å². The van der Waals surface area contributed by atoms with Gasteiger partial charge in [0.05, 0.1) is 20.3 Å². The first kappa shape index (κ1) is 27.7. The highest BCUT2D eigenvalue weighted by atomic mass is 32.2. The third-order valence-corrected chi connectivity index (χ3v) is 6.61. The summed E-state index contributed by atoms with van der Waals surface area (Å²) in [7, 11) is -4.76. The number of carbonyl (C=O) groups is 1. The number of para-hydroxylation sites is 1. The van der Waals surface area contributed by atoms with Gasteiger partial charge < -0.3 is 0 Å².